The molecule has 0 spiro atoms. The first-order chi connectivity index (χ1) is 15.0. The Morgan fingerprint density at radius 1 is 1.00 bits per heavy atom. The summed E-state index contributed by atoms with van der Waals surface area (Å²) in [6.45, 7) is 10.8. The molecular weight excluding hydrogens is 412 g/mol. The van der Waals surface area contributed by atoms with Crippen molar-refractivity contribution in [1.29, 1.82) is 0 Å². The average molecular weight is 447 g/mol. The Morgan fingerprint density at radius 3 is 2.09 bits per heavy atom. The number of nitrogens with one attached hydrogen (secondary N) is 2. The van der Waals surface area contributed by atoms with Crippen LogP contribution in [-0.4, -0.2) is 71.9 Å². The lowest BCUT2D eigenvalue weighted by molar-refractivity contribution is -0.138. The SMILES string of the molecule is CC(=O)N1CCN(C(=O)CCNC(=O)[C@@H](NC(=O)OC(C)(C)C)c2ccc(C)cc2)CC1. The minimum Gasteiger partial charge on any atom is -0.444 e. The summed E-state index contributed by atoms with van der Waals surface area (Å²) in [5, 5.41) is 5.36. The van der Waals surface area contributed by atoms with E-state index < -0.39 is 23.6 Å². The van der Waals surface area contributed by atoms with E-state index in [2.05, 4.69) is 10.6 Å². The van der Waals surface area contributed by atoms with Crippen molar-refractivity contribution in [3.63, 3.8) is 0 Å². The molecule has 1 saturated heterocycles. The van der Waals surface area contributed by atoms with E-state index >= 15 is 0 Å². The molecule has 0 bridgehead atoms. The second-order valence-electron chi connectivity index (χ2n) is 8.92. The van der Waals surface area contributed by atoms with Crippen molar-refractivity contribution in [1.82, 2.24) is 20.4 Å². The number of rotatable bonds is 6. The van der Waals surface area contributed by atoms with E-state index in [4.69, 9.17) is 4.74 Å². The molecule has 0 aliphatic carbocycles. The number of hydrogen-bond donors (Lipinski definition) is 2. The second kappa shape index (κ2) is 11.0. The van der Waals surface area contributed by atoms with E-state index in [0.717, 1.165) is 5.56 Å². The molecule has 9 heteroatoms. The van der Waals surface area contributed by atoms with E-state index in [1.54, 1.807) is 42.7 Å². The van der Waals surface area contributed by atoms with Crippen molar-refractivity contribution < 1.29 is 23.9 Å². The summed E-state index contributed by atoms with van der Waals surface area (Å²) >= 11 is 0. The van der Waals surface area contributed by atoms with Crippen LogP contribution < -0.4 is 10.6 Å². The number of piperazine rings is 1. The quantitative estimate of drug-likeness (QED) is 0.692. The summed E-state index contributed by atoms with van der Waals surface area (Å²) in [5.41, 5.74) is 0.948. The fourth-order valence-corrected chi connectivity index (χ4v) is 3.31. The van der Waals surface area contributed by atoms with Gasteiger partial charge in [0, 0.05) is 46.1 Å². The van der Waals surface area contributed by atoms with E-state index in [-0.39, 0.29) is 24.8 Å². The van der Waals surface area contributed by atoms with E-state index in [0.29, 0.717) is 31.7 Å². The number of alkyl carbamates (subject to hydrolysis) is 1. The summed E-state index contributed by atoms with van der Waals surface area (Å²) in [6.07, 6.45) is -0.559. The Kier molecular flexibility index (Phi) is 8.63. The minimum atomic E-state index is -0.945. The molecule has 0 unspecified atom stereocenters. The highest BCUT2D eigenvalue weighted by atomic mass is 16.6. The Morgan fingerprint density at radius 2 is 1.56 bits per heavy atom. The molecule has 176 valence electrons. The molecule has 1 fully saturated rings. The third-order valence-electron chi connectivity index (χ3n) is 5.05. The summed E-state index contributed by atoms with van der Waals surface area (Å²) in [7, 11) is 0. The maximum atomic E-state index is 12.9. The molecule has 4 amide bonds. The minimum absolute atomic E-state index is 0.00370. The standard InChI is InChI=1S/C23H34N4O5/c1-16-6-8-18(9-7-16)20(25-22(31)32-23(3,4)5)21(30)24-11-10-19(29)27-14-12-26(13-15-27)17(2)28/h6-9,20H,10-15H2,1-5H3,(H,24,30)(H,25,31)/t20-/m0/s1. The van der Waals surface area contributed by atoms with Crippen molar-refractivity contribution >= 4 is 23.8 Å². The molecular formula is C23H34N4O5. The third kappa shape index (κ3) is 7.86. The number of ether oxygens (including phenoxy) is 1. The lowest BCUT2D eigenvalue weighted by atomic mass is 10.0. The number of aryl methyl sites for hydroxylation is 1. The van der Waals surface area contributed by atoms with Crippen LogP contribution in [0.2, 0.25) is 0 Å². The highest BCUT2D eigenvalue weighted by Gasteiger charge is 2.26. The molecule has 1 aliphatic rings. The molecule has 32 heavy (non-hydrogen) atoms. The predicted molar refractivity (Wildman–Crippen MR) is 120 cm³/mol. The molecule has 1 aromatic rings. The zero-order chi connectivity index (χ0) is 23.9. The van der Waals surface area contributed by atoms with Crippen LogP contribution in [0.4, 0.5) is 4.79 Å². The molecule has 0 saturated carbocycles. The summed E-state index contributed by atoms with van der Waals surface area (Å²) < 4.78 is 5.29. The third-order valence-corrected chi connectivity index (χ3v) is 5.05. The van der Waals surface area contributed by atoms with Crippen molar-refractivity contribution in [2.24, 2.45) is 0 Å². The topological polar surface area (TPSA) is 108 Å². The van der Waals surface area contributed by atoms with Gasteiger partial charge in [-0.3, -0.25) is 14.4 Å². The maximum Gasteiger partial charge on any atom is 0.408 e. The summed E-state index contributed by atoms with van der Waals surface area (Å²) in [5.74, 6) is -0.501. The van der Waals surface area contributed by atoms with E-state index in [9.17, 15) is 19.2 Å². The molecule has 2 N–H and O–H groups in total. The van der Waals surface area contributed by atoms with E-state index in [1.165, 1.54) is 6.92 Å². The number of amides is 4. The van der Waals surface area contributed by atoms with E-state index in [1.807, 2.05) is 19.1 Å². The van der Waals surface area contributed by atoms with Gasteiger partial charge < -0.3 is 25.2 Å². The Bertz CT molecular complexity index is 824. The van der Waals surface area contributed by atoms with Crippen LogP contribution >= 0.6 is 0 Å². The summed E-state index contributed by atoms with van der Waals surface area (Å²) in [4.78, 5) is 52.4. The Labute approximate surface area is 189 Å². The largest absolute Gasteiger partial charge is 0.444 e. The van der Waals surface area contributed by atoms with Gasteiger partial charge in [-0.25, -0.2) is 4.79 Å². The first-order valence-electron chi connectivity index (χ1n) is 10.8. The van der Waals surface area contributed by atoms with Gasteiger partial charge in [-0.1, -0.05) is 29.8 Å². The van der Waals surface area contributed by atoms with Gasteiger partial charge in [-0.2, -0.15) is 0 Å². The van der Waals surface area contributed by atoms with Crippen molar-refractivity contribution in [2.45, 2.75) is 52.7 Å². The van der Waals surface area contributed by atoms with Crippen LogP contribution in [0, 0.1) is 6.92 Å². The number of benzene rings is 1. The number of carbonyl (C=O) groups excluding carboxylic acids is 4. The predicted octanol–water partition coefficient (Wildman–Crippen LogP) is 1.76. The molecule has 0 radical (unpaired) electrons. The second-order valence-corrected chi connectivity index (χ2v) is 8.92. The van der Waals surface area contributed by atoms with Gasteiger partial charge in [0.2, 0.25) is 17.7 Å². The number of hydrogen-bond acceptors (Lipinski definition) is 5. The maximum absolute atomic E-state index is 12.9. The fraction of sp³-hybridized carbons (Fsp3) is 0.565. The Balaban J connectivity index is 1.93. The van der Waals surface area contributed by atoms with Crippen LogP contribution in [-0.2, 0) is 19.1 Å². The molecule has 1 atom stereocenters. The van der Waals surface area contributed by atoms with Crippen LogP contribution in [0.25, 0.3) is 0 Å². The highest BCUT2D eigenvalue weighted by molar-refractivity contribution is 5.87. The van der Waals surface area contributed by atoms with Crippen molar-refractivity contribution in [2.75, 3.05) is 32.7 Å². The monoisotopic (exact) mass is 446 g/mol. The van der Waals surface area contributed by atoms with Gasteiger partial charge in [0.05, 0.1) is 0 Å². The fourth-order valence-electron chi connectivity index (χ4n) is 3.31. The van der Waals surface area contributed by atoms with Crippen LogP contribution in [0.5, 0.6) is 0 Å². The molecule has 9 nitrogen and oxygen atoms in total. The molecule has 2 rings (SSSR count). The van der Waals surface area contributed by atoms with Crippen LogP contribution in [0.15, 0.2) is 24.3 Å². The molecule has 1 heterocycles. The molecule has 1 aromatic carbocycles. The average Bonchev–Trinajstić information content (AvgIpc) is 2.71. The summed E-state index contributed by atoms with van der Waals surface area (Å²) in [6, 6.07) is 6.32. The van der Waals surface area contributed by atoms with Crippen LogP contribution in [0.3, 0.4) is 0 Å². The van der Waals surface area contributed by atoms with Gasteiger partial charge in [0.15, 0.2) is 0 Å². The first-order valence-corrected chi connectivity index (χ1v) is 10.8. The van der Waals surface area contributed by atoms with Gasteiger partial charge >= 0.3 is 6.09 Å². The Hall–Kier alpha value is -3.10. The molecule has 1 aliphatic heterocycles. The van der Waals surface area contributed by atoms with Gasteiger partial charge in [-0.05, 0) is 33.3 Å². The first kappa shape index (κ1) is 25.2. The normalized spacial score (nSPS) is 15.0. The number of nitrogens with zero attached hydrogens (tertiary/aromatic N) is 2. The lowest BCUT2D eigenvalue weighted by Crippen LogP contribution is -2.50. The zero-order valence-corrected chi connectivity index (χ0v) is 19.6. The van der Waals surface area contributed by atoms with Crippen molar-refractivity contribution in [3.8, 4) is 0 Å². The van der Waals surface area contributed by atoms with Crippen LogP contribution in [0.1, 0.15) is 51.3 Å². The molecule has 0 aromatic heterocycles. The van der Waals surface area contributed by atoms with Gasteiger partial charge in [0.1, 0.15) is 11.6 Å². The zero-order valence-electron chi connectivity index (χ0n) is 19.6. The highest BCUT2D eigenvalue weighted by Crippen LogP contribution is 2.16. The van der Waals surface area contributed by atoms with Gasteiger partial charge in [0.25, 0.3) is 0 Å². The smallest absolute Gasteiger partial charge is 0.408 e. The van der Waals surface area contributed by atoms with Crippen molar-refractivity contribution in [3.05, 3.63) is 35.4 Å². The number of carbonyl (C=O) groups is 4. The van der Waals surface area contributed by atoms with Gasteiger partial charge in [-0.15, -0.1) is 0 Å². The lowest BCUT2D eigenvalue weighted by Gasteiger charge is -2.34.